The molecule has 24 heavy (non-hydrogen) atoms. The normalized spacial score (nSPS) is 11.2. The van der Waals surface area contributed by atoms with E-state index in [2.05, 4.69) is 0 Å². The highest BCUT2D eigenvalue weighted by atomic mass is 19.1. The number of halogens is 1. The van der Waals surface area contributed by atoms with Gasteiger partial charge in [-0.05, 0) is 55.3 Å². The van der Waals surface area contributed by atoms with Gasteiger partial charge in [0.2, 0.25) is 0 Å². The summed E-state index contributed by atoms with van der Waals surface area (Å²) in [5, 5.41) is 9.45. The minimum atomic E-state index is -1.09. The van der Waals surface area contributed by atoms with Crippen LogP contribution in [-0.4, -0.2) is 24.3 Å². The smallest absolute Gasteiger partial charge is 0.336 e. The fourth-order valence-electron chi connectivity index (χ4n) is 2.22. The lowest BCUT2D eigenvalue weighted by Gasteiger charge is -2.11. The van der Waals surface area contributed by atoms with E-state index < -0.39 is 11.8 Å². The van der Waals surface area contributed by atoms with Crippen LogP contribution >= 0.6 is 0 Å². The zero-order valence-electron chi connectivity index (χ0n) is 13.6. The van der Waals surface area contributed by atoms with Crippen LogP contribution in [0.3, 0.4) is 0 Å². The summed E-state index contributed by atoms with van der Waals surface area (Å²) in [5.41, 5.74) is 1.15. The molecule has 2 aromatic carbocycles. The molecule has 126 valence electrons. The maximum absolute atomic E-state index is 13.0. The predicted molar refractivity (Wildman–Crippen MR) is 90.7 cm³/mol. The Kier molecular flexibility index (Phi) is 5.95. The summed E-state index contributed by atoms with van der Waals surface area (Å²) in [6.45, 7) is 4.71. The standard InChI is InChI=1S/C19H19FO4/c1-3-23-17-10-5-13(12-18(17)24-4-2)11-16(19(21)22)14-6-8-15(20)9-7-14/h5-12H,3-4H2,1-2H3,(H,21,22)/b16-11-. The summed E-state index contributed by atoms with van der Waals surface area (Å²) in [7, 11) is 0. The first kappa shape index (κ1) is 17.5. The van der Waals surface area contributed by atoms with E-state index in [1.807, 2.05) is 13.8 Å². The first-order chi connectivity index (χ1) is 11.5. The van der Waals surface area contributed by atoms with Gasteiger partial charge in [-0.15, -0.1) is 0 Å². The van der Waals surface area contributed by atoms with Gasteiger partial charge in [0, 0.05) is 0 Å². The number of hydrogen-bond acceptors (Lipinski definition) is 3. The van der Waals surface area contributed by atoms with Crippen molar-refractivity contribution in [3.8, 4) is 11.5 Å². The summed E-state index contributed by atoms with van der Waals surface area (Å²) in [6.07, 6.45) is 1.52. The number of hydrogen-bond donors (Lipinski definition) is 1. The molecule has 4 nitrogen and oxygen atoms in total. The molecule has 0 saturated heterocycles. The van der Waals surface area contributed by atoms with Gasteiger partial charge in [0.05, 0.1) is 18.8 Å². The Balaban J connectivity index is 2.43. The summed E-state index contributed by atoms with van der Waals surface area (Å²) < 4.78 is 24.1. The lowest BCUT2D eigenvalue weighted by molar-refractivity contribution is -0.130. The van der Waals surface area contributed by atoms with Crippen molar-refractivity contribution in [3.05, 3.63) is 59.4 Å². The molecule has 0 fully saturated rings. The molecule has 0 unspecified atom stereocenters. The highest BCUT2D eigenvalue weighted by Crippen LogP contribution is 2.30. The Labute approximate surface area is 140 Å². The molecule has 0 atom stereocenters. The second-order valence-electron chi connectivity index (χ2n) is 4.94. The van der Waals surface area contributed by atoms with Crippen molar-refractivity contribution in [1.82, 2.24) is 0 Å². The monoisotopic (exact) mass is 330 g/mol. The van der Waals surface area contributed by atoms with Gasteiger partial charge in [0.25, 0.3) is 0 Å². The number of carbonyl (C=O) groups is 1. The Hall–Kier alpha value is -2.82. The lowest BCUT2D eigenvalue weighted by atomic mass is 10.0. The van der Waals surface area contributed by atoms with Gasteiger partial charge in [0.1, 0.15) is 5.82 Å². The van der Waals surface area contributed by atoms with Crippen LogP contribution in [0, 0.1) is 5.82 Å². The molecule has 1 N–H and O–H groups in total. The van der Waals surface area contributed by atoms with E-state index in [1.165, 1.54) is 30.3 Å². The van der Waals surface area contributed by atoms with E-state index in [9.17, 15) is 14.3 Å². The van der Waals surface area contributed by atoms with E-state index in [4.69, 9.17) is 9.47 Å². The Morgan fingerprint density at radius 3 is 2.25 bits per heavy atom. The molecule has 0 aliphatic heterocycles. The number of rotatable bonds is 7. The van der Waals surface area contributed by atoms with Crippen LogP contribution in [0.5, 0.6) is 11.5 Å². The van der Waals surface area contributed by atoms with Crippen LogP contribution < -0.4 is 9.47 Å². The molecular weight excluding hydrogens is 311 g/mol. The Bertz CT molecular complexity index is 736. The summed E-state index contributed by atoms with van der Waals surface area (Å²) in [5.74, 6) is -0.344. The van der Waals surface area contributed by atoms with Crippen LogP contribution in [0.4, 0.5) is 4.39 Å². The minimum absolute atomic E-state index is 0.0709. The van der Waals surface area contributed by atoms with Gasteiger partial charge in [-0.25, -0.2) is 9.18 Å². The van der Waals surface area contributed by atoms with Crippen LogP contribution in [0.1, 0.15) is 25.0 Å². The molecular formula is C19H19FO4. The van der Waals surface area contributed by atoms with Crippen molar-refractivity contribution in [2.45, 2.75) is 13.8 Å². The quantitative estimate of drug-likeness (QED) is 0.609. The van der Waals surface area contributed by atoms with Crippen molar-refractivity contribution < 1.29 is 23.8 Å². The van der Waals surface area contributed by atoms with Crippen molar-refractivity contribution in [2.24, 2.45) is 0 Å². The molecule has 0 radical (unpaired) electrons. The second-order valence-corrected chi connectivity index (χ2v) is 4.94. The van der Waals surface area contributed by atoms with E-state index >= 15 is 0 Å². The first-order valence-corrected chi connectivity index (χ1v) is 7.65. The summed E-state index contributed by atoms with van der Waals surface area (Å²) >= 11 is 0. The fraction of sp³-hybridized carbons (Fsp3) is 0.211. The highest BCUT2D eigenvalue weighted by Gasteiger charge is 2.12. The predicted octanol–water partition coefficient (Wildman–Crippen LogP) is 4.25. The van der Waals surface area contributed by atoms with Crippen LogP contribution in [0.2, 0.25) is 0 Å². The molecule has 5 heteroatoms. The Morgan fingerprint density at radius 2 is 1.67 bits per heavy atom. The summed E-state index contributed by atoms with van der Waals surface area (Å²) in [6, 6.07) is 10.6. The third-order valence-electron chi connectivity index (χ3n) is 3.26. The molecule has 0 heterocycles. The van der Waals surface area contributed by atoms with E-state index in [0.29, 0.717) is 35.8 Å². The molecule has 0 spiro atoms. The highest BCUT2D eigenvalue weighted by molar-refractivity contribution is 6.20. The number of ether oxygens (including phenoxy) is 2. The van der Waals surface area contributed by atoms with Crippen LogP contribution in [0.25, 0.3) is 11.6 Å². The van der Waals surface area contributed by atoms with E-state index in [0.717, 1.165) is 0 Å². The van der Waals surface area contributed by atoms with Crippen molar-refractivity contribution in [1.29, 1.82) is 0 Å². The molecule has 0 bridgehead atoms. The van der Waals surface area contributed by atoms with Crippen molar-refractivity contribution in [3.63, 3.8) is 0 Å². The van der Waals surface area contributed by atoms with Gasteiger partial charge in [-0.2, -0.15) is 0 Å². The van der Waals surface area contributed by atoms with Gasteiger partial charge in [-0.3, -0.25) is 0 Å². The average Bonchev–Trinajstić information content (AvgIpc) is 2.56. The maximum Gasteiger partial charge on any atom is 0.336 e. The van der Waals surface area contributed by atoms with Gasteiger partial charge >= 0.3 is 5.97 Å². The largest absolute Gasteiger partial charge is 0.490 e. The van der Waals surface area contributed by atoms with E-state index in [-0.39, 0.29) is 5.57 Å². The second kappa shape index (κ2) is 8.15. The van der Waals surface area contributed by atoms with Crippen LogP contribution in [-0.2, 0) is 4.79 Å². The molecule has 0 saturated carbocycles. The zero-order chi connectivity index (χ0) is 17.5. The molecule has 2 aromatic rings. The fourth-order valence-corrected chi connectivity index (χ4v) is 2.22. The number of aliphatic carboxylic acids is 1. The van der Waals surface area contributed by atoms with Crippen molar-refractivity contribution in [2.75, 3.05) is 13.2 Å². The first-order valence-electron chi connectivity index (χ1n) is 7.65. The molecule has 0 aliphatic carbocycles. The number of carboxylic acids is 1. The van der Waals surface area contributed by atoms with Gasteiger partial charge in [-0.1, -0.05) is 18.2 Å². The summed E-state index contributed by atoms with van der Waals surface area (Å²) in [4.78, 5) is 11.6. The van der Waals surface area contributed by atoms with Crippen LogP contribution in [0.15, 0.2) is 42.5 Å². The maximum atomic E-state index is 13.0. The topological polar surface area (TPSA) is 55.8 Å². The Morgan fingerprint density at radius 1 is 1.04 bits per heavy atom. The van der Waals surface area contributed by atoms with Crippen molar-refractivity contribution >= 4 is 17.6 Å². The number of benzene rings is 2. The third-order valence-corrected chi connectivity index (χ3v) is 3.26. The van der Waals surface area contributed by atoms with Gasteiger partial charge in [0.15, 0.2) is 11.5 Å². The number of carboxylic acid groups (broad SMARTS) is 1. The molecule has 0 aliphatic rings. The molecule has 0 aromatic heterocycles. The zero-order valence-corrected chi connectivity index (χ0v) is 13.6. The average molecular weight is 330 g/mol. The molecule has 0 amide bonds. The molecule has 2 rings (SSSR count). The SMILES string of the molecule is CCOc1ccc(/C=C(\C(=O)O)c2ccc(F)cc2)cc1OCC. The third kappa shape index (κ3) is 4.35. The lowest BCUT2D eigenvalue weighted by Crippen LogP contribution is -2.01. The minimum Gasteiger partial charge on any atom is -0.490 e. The van der Waals surface area contributed by atoms with Gasteiger partial charge < -0.3 is 14.6 Å². The van der Waals surface area contributed by atoms with E-state index in [1.54, 1.807) is 18.2 Å².